The Hall–Kier alpha value is -2.84. The van der Waals surface area contributed by atoms with Crippen molar-refractivity contribution in [1.82, 2.24) is 9.78 Å². The molecule has 0 saturated carbocycles. The lowest BCUT2D eigenvalue weighted by Crippen LogP contribution is -2.15. The number of aromatic nitrogens is 2. The number of hydrogen-bond acceptors (Lipinski definition) is 4. The zero-order chi connectivity index (χ0) is 19.1. The lowest BCUT2D eigenvalue weighted by atomic mass is 10.1. The minimum Gasteiger partial charge on any atom is -0.478 e. The van der Waals surface area contributed by atoms with E-state index >= 15 is 0 Å². The number of carbonyl (C=O) groups excluding carboxylic acids is 1. The molecule has 0 aliphatic heterocycles. The summed E-state index contributed by atoms with van der Waals surface area (Å²) in [5.41, 5.74) is -0.799. The number of alkyl halides is 3. The van der Waals surface area contributed by atoms with Crippen molar-refractivity contribution in [2.45, 2.75) is 32.4 Å². The standard InChI is InChI=1S/C17H15F3N2O4/c1-2-26-16(25)14-10-4-3-5-12(10)22(21-14)13-7-6-9(15(23)24)8-11(13)17(18,19)20/h6-8H,2-5H2,1H3,(H,23,24). The normalized spacial score (nSPS) is 13.5. The van der Waals surface area contributed by atoms with Gasteiger partial charge in [0.2, 0.25) is 0 Å². The summed E-state index contributed by atoms with van der Waals surface area (Å²) in [6.45, 7) is 1.75. The van der Waals surface area contributed by atoms with Gasteiger partial charge in [0.25, 0.3) is 0 Å². The molecular weight excluding hydrogens is 353 g/mol. The van der Waals surface area contributed by atoms with E-state index in [1.807, 2.05) is 0 Å². The van der Waals surface area contributed by atoms with Gasteiger partial charge in [0.05, 0.1) is 23.4 Å². The first-order valence-electron chi connectivity index (χ1n) is 7.96. The van der Waals surface area contributed by atoms with Crippen LogP contribution in [0.2, 0.25) is 0 Å². The molecule has 0 atom stereocenters. The van der Waals surface area contributed by atoms with Crippen molar-refractivity contribution in [3.63, 3.8) is 0 Å². The fourth-order valence-corrected chi connectivity index (χ4v) is 3.08. The minimum atomic E-state index is -4.78. The van der Waals surface area contributed by atoms with E-state index in [9.17, 15) is 22.8 Å². The number of ether oxygens (including phenoxy) is 1. The second-order valence-corrected chi connectivity index (χ2v) is 5.79. The van der Waals surface area contributed by atoms with Gasteiger partial charge < -0.3 is 9.84 Å². The van der Waals surface area contributed by atoms with E-state index in [1.54, 1.807) is 6.92 Å². The van der Waals surface area contributed by atoms with Crippen LogP contribution in [0.5, 0.6) is 0 Å². The van der Waals surface area contributed by atoms with Gasteiger partial charge in [0, 0.05) is 11.3 Å². The summed E-state index contributed by atoms with van der Waals surface area (Å²) < 4.78 is 46.5. The molecule has 0 unspecified atom stereocenters. The largest absolute Gasteiger partial charge is 0.478 e. The third-order valence-corrected chi connectivity index (χ3v) is 4.18. The monoisotopic (exact) mass is 368 g/mol. The van der Waals surface area contributed by atoms with Crippen LogP contribution in [0.25, 0.3) is 5.69 Å². The molecule has 0 bridgehead atoms. The van der Waals surface area contributed by atoms with Crippen LogP contribution in [0.15, 0.2) is 18.2 Å². The number of fused-ring (bicyclic) bond motifs is 1. The van der Waals surface area contributed by atoms with Crippen LogP contribution < -0.4 is 0 Å². The first kappa shape index (κ1) is 18.0. The predicted octanol–water partition coefficient (Wildman–Crippen LogP) is 3.25. The molecular formula is C17H15F3N2O4. The highest BCUT2D eigenvalue weighted by molar-refractivity contribution is 5.90. The zero-order valence-corrected chi connectivity index (χ0v) is 13.8. The van der Waals surface area contributed by atoms with Gasteiger partial charge >= 0.3 is 18.1 Å². The molecule has 1 aromatic carbocycles. The van der Waals surface area contributed by atoms with Crippen LogP contribution in [-0.2, 0) is 23.8 Å². The fourth-order valence-electron chi connectivity index (χ4n) is 3.08. The van der Waals surface area contributed by atoms with E-state index in [4.69, 9.17) is 9.84 Å². The second kappa shape index (κ2) is 6.47. The molecule has 0 radical (unpaired) electrons. The molecule has 1 N–H and O–H groups in total. The first-order valence-corrected chi connectivity index (χ1v) is 7.96. The van der Waals surface area contributed by atoms with Gasteiger partial charge in [-0.3, -0.25) is 0 Å². The maximum Gasteiger partial charge on any atom is 0.418 e. The summed E-state index contributed by atoms with van der Waals surface area (Å²) in [4.78, 5) is 23.1. The topological polar surface area (TPSA) is 81.4 Å². The minimum absolute atomic E-state index is 0.00906. The van der Waals surface area contributed by atoms with E-state index in [0.717, 1.165) is 16.8 Å². The number of benzene rings is 1. The van der Waals surface area contributed by atoms with Gasteiger partial charge in [0.15, 0.2) is 5.69 Å². The Bertz CT molecular complexity index is 887. The SMILES string of the molecule is CCOC(=O)c1nn(-c2ccc(C(=O)O)cc2C(F)(F)F)c2c1CCC2. The Morgan fingerprint density at radius 1 is 1.31 bits per heavy atom. The smallest absolute Gasteiger partial charge is 0.418 e. The molecule has 1 aromatic heterocycles. The number of halogens is 3. The van der Waals surface area contributed by atoms with Crippen molar-refractivity contribution < 1.29 is 32.6 Å². The summed E-state index contributed by atoms with van der Waals surface area (Å²) >= 11 is 0. The number of hydrogen-bond donors (Lipinski definition) is 1. The van der Waals surface area contributed by atoms with Crippen molar-refractivity contribution in [3.05, 3.63) is 46.3 Å². The maximum atomic E-state index is 13.5. The third kappa shape index (κ3) is 3.04. The molecule has 9 heteroatoms. The van der Waals surface area contributed by atoms with E-state index in [1.165, 1.54) is 0 Å². The zero-order valence-electron chi connectivity index (χ0n) is 13.8. The molecule has 1 heterocycles. The molecule has 1 aliphatic carbocycles. The van der Waals surface area contributed by atoms with Crippen LogP contribution in [0, 0.1) is 0 Å². The third-order valence-electron chi connectivity index (χ3n) is 4.18. The molecule has 138 valence electrons. The molecule has 26 heavy (non-hydrogen) atoms. The van der Waals surface area contributed by atoms with Crippen LogP contribution in [0.4, 0.5) is 13.2 Å². The predicted molar refractivity (Wildman–Crippen MR) is 83.5 cm³/mol. The molecule has 1 aliphatic rings. The molecule has 0 amide bonds. The van der Waals surface area contributed by atoms with Crippen molar-refractivity contribution in [1.29, 1.82) is 0 Å². The number of carboxylic acids is 1. The fraction of sp³-hybridized carbons (Fsp3) is 0.353. The van der Waals surface area contributed by atoms with Gasteiger partial charge in [-0.15, -0.1) is 0 Å². The van der Waals surface area contributed by atoms with Gasteiger partial charge in [-0.1, -0.05) is 0 Å². The number of aromatic carboxylic acids is 1. The lowest BCUT2D eigenvalue weighted by Gasteiger charge is -2.15. The average molecular weight is 368 g/mol. The van der Waals surface area contributed by atoms with Crippen molar-refractivity contribution in [2.75, 3.05) is 6.61 Å². The molecule has 3 rings (SSSR count). The summed E-state index contributed by atoms with van der Waals surface area (Å²) in [5, 5.41) is 13.0. The van der Waals surface area contributed by atoms with Gasteiger partial charge in [-0.2, -0.15) is 18.3 Å². The Balaban J connectivity index is 2.20. The molecule has 6 nitrogen and oxygen atoms in total. The van der Waals surface area contributed by atoms with Gasteiger partial charge in [-0.05, 0) is 44.4 Å². The molecule has 2 aromatic rings. The highest BCUT2D eigenvalue weighted by Crippen LogP contribution is 2.37. The lowest BCUT2D eigenvalue weighted by molar-refractivity contribution is -0.137. The summed E-state index contributed by atoms with van der Waals surface area (Å²) in [6.07, 6.45) is -3.09. The Morgan fingerprint density at radius 2 is 2.04 bits per heavy atom. The van der Waals surface area contributed by atoms with Crippen LogP contribution in [0.1, 0.15) is 51.0 Å². The Morgan fingerprint density at radius 3 is 2.65 bits per heavy atom. The highest BCUT2D eigenvalue weighted by Gasteiger charge is 2.37. The first-order chi connectivity index (χ1) is 12.2. The summed E-state index contributed by atoms with van der Waals surface area (Å²) in [6, 6.07) is 2.72. The van der Waals surface area contributed by atoms with Crippen LogP contribution in [-0.4, -0.2) is 33.4 Å². The van der Waals surface area contributed by atoms with E-state index in [-0.39, 0.29) is 18.0 Å². The van der Waals surface area contributed by atoms with Crippen LogP contribution >= 0.6 is 0 Å². The van der Waals surface area contributed by atoms with Crippen molar-refractivity contribution >= 4 is 11.9 Å². The van der Waals surface area contributed by atoms with E-state index in [2.05, 4.69) is 5.10 Å². The number of rotatable bonds is 4. The van der Waals surface area contributed by atoms with E-state index < -0.39 is 29.2 Å². The molecule has 0 saturated heterocycles. The van der Waals surface area contributed by atoms with Crippen LogP contribution in [0.3, 0.4) is 0 Å². The number of carbonyl (C=O) groups is 2. The Labute approximate surface area is 146 Å². The van der Waals surface area contributed by atoms with E-state index in [0.29, 0.717) is 36.6 Å². The number of nitrogens with zero attached hydrogens (tertiary/aromatic N) is 2. The maximum absolute atomic E-state index is 13.5. The summed E-state index contributed by atoms with van der Waals surface area (Å²) in [7, 11) is 0. The molecule has 0 spiro atoms. The average Bonchev–Trinajstić information content (AvgIpc) is 3.15. The number of esters is 1. The van der Waals surface area contributed by atoms with Gasteiger partial charge in [-0.25, -0.2) is 14.3 Å². The summed E-state index contributed by atoms with van der Waals surface area (Å²) in [5.74, 6) is -2.14. The van der Waals surface area contributed by atoms with Gasteiger partial charge in [0.1, 0.15) is 0 Å². The van der Waals surface area contributed by atoms with Crippen molar-refractivity contribution in [3.8, 4) is 5.69 Å². The highest BCUT2D eigenvalue weighted by atomic mass is 19.4. The quantitative estimate of drug-likeness (QED) is 0.838. The Kier molecular flexibility index (Phi) is 4.47. The van der Waals surface area contributed by atoms with Crippen molar-refractivity contribution in [2.24, 2.45) is 0 Å². The number of carboxylic acid groups (broad SMARTS) is 1. The molecule has 0 fully saturated rings. The second-order valence-electron chi connectivity index (χ2n) is 5.79.